The van der Waals surface area contributed by atoms with E-state index in [0.717, 1.165) is 11.1 Å². The zero-order chi connectivity index (χ0) is 21.9. The van der Waals surface area contributed by atoms with Crippen LogP contribution in [0.5, 0.6) is 0 Å². The summed E-state index contributed by atoms with van der Waals surface area (Å²) in [6.45, 7) is 6.17. The van der Waals surface area contributed by atoms with Crippen LogP contribution in [0.2, 0.25) is 0 Å². The molecule has 0 aromatic heterocycles. The molecule has 0 saturated carbocycles. The number of carbonyl (C=O) groups is 1. The maximum absolute atomic E-state index is 12.8. The van der Waals surface area contributed by atoms with Crippen molar-refractivity contribution in [3.8, 4) is 0 Å². The fraction of sp³-hybridized carbons (Fsp3) is 0.409. The molecule has 0 bridgehead atoms. The minimum Gasteiger partial charge on any atom is -0.417 e. The van der Waals surface area contributed by atoms with Crippen LogP contribution in [0.1, 0.15) is 43.7 Å². The van der Waals surface area contributed by atoms with Crippen molar-refractivity contribution in [1.29, 1.82) is 0 Å². The molecular weight excluding hydrogens is 404 g/mol. The van der Waals surface area contributed by atoms with E-state index in [4.69, 9.17) is 4.74 Å². The number of piperidine rings is 1. The van der Waals surface area contributed by atoms with Gasteiger partial charge in [-0.05, 0) is 42.7 Å². The number of hydrogen-bond donors (Lipinski definition) is 2. The lowest BCUT2D eigenvalue weighted by Crippen LogP contribution is -2.49. The number of amides is 1. The molecule has 1 heterocycles. The zero-order valence-electron chi connectivity index (χ0n) is 17.5. The number of aryl methyl sites for hydroxylation is 1. The smallest absolute Gasteiger partial charge is 0.414 e. The van der Waals surface area contributed by atoms with Crippen molar-refractivity contribution in [2.75, 3.05) is 18.4 Å². The number of anilines is 1. The third-order valence-corrected chi connectivity index (χ3v) is 7.18. The van der Waals surface area contributed by atoms with Crippen molar-refractivity contribution in [1.82, 2.24) is 4.31 Å². The fourth-order valence-electron chi connectivity index (χ4n) is 3.30. The van der Waals surface area contributed by atoms with Crippen LogP contribution in [0, 0.1) is 6.92 Å². The summed E-state index contributed by atoms with van der Waals surface area (Å²) in [5.41, 5.74) is 2.68. The second-order valence-corrected chi connectivity index (χ2v) is 9.89. The van der Waals surface area contributed by atoms with Crippen LogP contribution in [-0.4, -0.2) is 42.8 Å². The van der Waals surface area contributed by atoms with E-state index in [-0.39, 0.29) is 30.8 Å². The van der Waals surface area contributed by atoms with Crippen molar-refractivity contribution in [3.63, 3.8) is 0 Å². The van der Waals surface area contributed by atoms with Gasteiger partial charge in [0.1, 0.15) is 0 Å². The summed E-state index contributed by atoms with van der Waals surface area (Å²) in [4.78, 5) is 12.4. The van der Waals surface area contributed by atoms with Gasteiger partial charge in [0.05, 0.1) is 4.90 Å². The fourth-order valence-corrected chi connectivity index (χ4v) is 4.75. The first-order chi connectivity index (χ1) is 14.1. The SMILES string of the molecule is Cc1ccc(S(=O)(=O)N2CCC(O)(OC(=O)Nc3ccc(C(C)C)cc3)CC2)cc1. The largest absolute Gasteiger partial charge is 0.417 e. The minimum absolute atomic E-state index is 0.00218. The van der Waals surface area contributed by atoms with E-state index in [1.807, 2.05) is 19.1 Å². The van der Waals surface area contributed by atoms with E-state index in [2.05, 4.69) is 19.2 Å². The van der Waals surface area contributed by atoms with Crippen molar-refractivity contribution < 1.29 is 23.1 Å². The van der Waals surface area contributed by atoms with Gasteiger partial charge in [0.2, 0.25) is 15.8 Å². The Balaban J connectivity index is 1.57. The molecule has 1 fully saturated rings. The molecule has 0 unspecified atom stereocenters. The van der Waals surface area contributed by atoms with Crippen LogP contribution in [0.25, 0.3) is 0 Å². The highest BCUT2D eigenvalue weighted by Gasteiger charge is 2.40. The average Bonchev–Trinajstić information content (AvgIpc) is 2.68. The molecule has 162 valence electrons. The highest BCUT2D eigenvalue weighted by molar-refractivity contribution is 7.89. The number of ether oxygens (including phenoxy) is 1. The molecule has 7 nitrogen and oxygen atoms in total. The van der Waals surface area contributed by atoms with Gasteiger partial charge >= 0.3 is 6.09 Å². The maximum Gasteiger partial charge on any atom is 0.414 e. The number of nitrogens with one attached hydrogen (secondary N) is 1. The number of nitrogens with zero attached hydrogens (tertiary/aromatic N) is 1. The molecule has 30 heavy (non-hydrogen) atoms. The first kappa shape index (κ1) is 22.3. The number of rotatable bonds is 5. The van der Waals surface area contributed by atoms with Crippen molar-refractivity contribution >= 4 is 21.8 Å². The van der Waals surface area contributed by atoms with E-state index in [0.29, 0.717) is 11.6 Å². The van der Waals surface area contributed by atoms with Gasteiger partial charge in [0, 0.05) is 31.6 Å². The standard InChI is InChI=1S/C22H28N2O5S/c1-16(2)18-6-8-19(9-7-18)23-21(25)29-22(26)12-14-24(15-13-22)30(27,28)20-10-4-17(3)5-11-20/h4-11,16,26H,12-15H2,1-3H3,(H,23,25). The zero-order valence-corrected chi connectivity index (χ0v) is 18.3. The van der Waals surface area contributed by atoms with E-state index in [9.17, 15) is 18.3 Å². The quantitative estimate of drug-likeness (QED) is 0.700. The Morgan fingerprint density at radius 2 is 1.63 bits per heavy atom. The Hall–Kier alpha value is -2.42. The summed E-state index contributed by atoms with van der Waals surface area (Å²) in [5, 5.41) is 13.2. The number of hydrogen-bond acceptors (Lipinski definition) is 5. The molecular formula is C22H28N2O5S. The van der Waals surface area contributed by atoms with Gasteiger partial charge < -0.3 is 9.84 Å². The summed E-state index contributed by atoms with van der Waals surface area (Å²) in [7, 11) is -3.65. The lowest BCUT2D eigenvalue weighted by molar-refractivity contribution is -0.180. The molecule has 2 aromatic rings. The summed E-state index contributed by atoms with van der Waals surface area (Å²) in [6, 6.07) is 14.0. The Morgan fingerprint density at radius 3 is 2.17 bits per heavy atom. The lowest BCUT2D eigenvalue weighted by Gasteiger charge is -2.36. The van der Waals surface area contributed by atoms with Crippen molar-refractivity contribution in [2.24, 2.45) is 0 Å². The molecule has 1 saturated heterocycles. The Labute approximate surface area is 177 Å². The van der Waals surface area contributed by atoms with Gasteiger partial charge in [-0.15, -0.1) is 0 Å². The summed E-state index contributed by atoms with van der Waals surface area (Å²) in [6.07, 6.45) is -0.778. The van der Waals surface area contributed by atoms with E-state index in [1.54, 1.807) is 36.4 Å². The first-order valence-electron chi connectivity index (χ1n) is 9.98. The monoisotopic (exact) mass is 432 g/mol. The molecule has 0 spiro atoms. The normalized spacial score (nSPS) is 17.0. The molecule has 8 heteroatoms. The summed E-state index contributed by atoms with van der Waals surface area (Å²) in [5.74, 6) is -1.32. The molecule has 0 atom stereocenters. The number of carbonyl (C=O) groups excluding carboxylic acids is 1. The van der Waals surface area contributed by atoms with Gasteiger partial charge in [-0.25, -0.2) is 13.2 Å². The van der Waals surface area contributed by atoms with E-state index >= 15 is 0 Å². The molecule has 0 radical (unpaired) electrons. The van der Waals surface area contributed by atoms with Crippen LogP contribution < -0.4 is 5.32 Å². The number of benzene rings is 2. The highest BCUT2D eigenvalue weighted by atomic mass is 32.2. The van der Waals surface area contributed by atoms with Crippen LogP contribution >= 0.6 is 0 Å². The second-order valence-electron chi connectivity index (χ2n) is 7.95. The third kappa shape index (κ3) is 5.19. The molecule has 1 aliphatic rings. The van der Waals surface area contributed by atoms with Gasteiger partial charge in [0.15, 0.2) is 0 Å². The predicted octanol–water partition coefficient (Wildman–Crippen LogP) is 3.84. The van der Waals surface area contributed by atoms with Gasteiger partial charge in [0.25, 0.3) is 0 Å². The van der Waals surface area contributed by atoms with Crippen molar-refractivity contribution in [2.45, 2.75) is 50.2 Å². The van der Waals surface area contributed by atoms with Gasteiger partial charge in [-0.2, -0.15) is 4.31 Å². The minimum atomic E-state index is -3.65. The number of aliphatic hydroxyl groups is 1. The van der Waals surface area contributed by atoms with Crippen molar-refractivity contribution in [3.05, 3.63) is 59.7 Å². The molecule has 1 amide bonds. The topological polar surface area (TPSA) is 95.9 Å². The Kier molecular flexibility index (Phi) is 6.50. The molecule has 3 rings (SSSR count). The van der Waals surface area contributed by atoms with Gasteiger partial charge in [-0.3, -0.25) is 5.32 Å². The van der Waals surface area contributed by atoms with Crippen LogP contribution in [0.4, 0.5) is 10.5 Å². The highest BCUT2D eigenvalue weighted by Crippen LogP contribution is 2.28. The Morgan fingerprint density at radius 1 is 1.07 bits per heavy atom. The molecule has 0 aliphatic carbocycles. The second kappa shape index (κ2) is 8.75. The van der Waals surface area contributed by atoms with Gasteiger partial charge in [-0.1, -0.05) is 43.7 Å². The van der Waals surface area contributed by atoms with E-state index in [1.165, 1.54) is 4.31 Å². The molecule has 2 N–H and O–H groups in total. The molecule has 2 aromatic carbocycles. The summed E-state index contributed by atoms with van der Waals surface area (Å²) >= 11 is 0. The average molecular weight is 433 g/mol. The van der Waals surface area contributed by atoms with Crippen LogP contribution in [-0.2, 0) is 14.8 Å². The van der Waals surface area contributed by atoms with E-state index < -0.39 is 21.9 Å². The summed E-state index contributed by atoms with van der Waals surface area (Å²) < 4.78 is 32.1. The number of sulfonamides is 1. The maximum atomic E-state index is 12.8. The van der Waals surface area contributed by atoms with Crippen LogP contribution in [0.3, 0.4) is 0 Å². The predicted molar refractivity (Wildman–Crippen MR) is 115 cm³/mol. The Bertz CT molecular complexity index is 977. The third-order valence-electron chi connectivity index (χ3n) is 5.27. The molecule has 1 aliphatic heterocycles. The first-order valence-corrected chi connectivity index (χ1v) is 11.4. The van der Waals surface area contributed by atoms with Crippen LogP contribution in [0.15, 0.2) is 53.4 Å². The lowest BCUT2D eigenvalue weighted by atomic mass is 10.0.